The van der Waals surface area contributed by atoms with Crippen molar-refractivity contribution < 1.29 is 23.3 Å². The van der Waals surface area contributed by atoms with Crippen molar-refractivity contribution in [3.8, 4) is 5.75 Å². The largest absolute Gasteiger partial charge is 0.569 e. The first kappa shape index (κ1) is 15.1. The molecule has 107 valence electrons. The Labute approximate surface area is 120 Å². The summed E-state index contributed by atoms with van der Waals surface area (Å²) in [5, 5.41) is 8.68. The predicted octanol–water partition coefficient (Wildman–Crippen LogP) is 2.12. The molecular formula is C12H12BClF2NO3. The van der Waals surface area contributed by atoms with Crippen molar-refractivity contribution in [3.05, 3.63) is 28.8 Å². The van der Waals surface area contributed by atoms with Crippen LogP contribution in [0.3, 0.4) is 0 Å². The maximum Gasteiger partial charge on any atom is 0.569 e. The van der Waals surface area contributed by atoms with E-state index in [1.165, 1.54) is 23.1 Å². The van der Waals surface area contributed by atoms with E-state index in [1.807, 2.05) is 0 Å². The standard InChI is InChI=1S/C12H12BClF2NO3/c14-9-7-8(1-2-10(9)20-13-19)11(18)17-5-3-12(15,16)4-6-17/h1-2,7,19H,3-6H2. The number of halogens is 3. The van der Waals surface area contributed by atoms with E-state index in [1.54, 1.807) is 0 Å². The van der Waals surface area contributed by atoms with E-state index in [4.69, 9.17) is 21.3 Å². The van der Waals surface area contributed by atoms with Gasteiger partial charge in [-0.05, 0) is 18.2 Å². The van der Waals surface area contributed by atoms with Crippen molar-refractivity contribution >= 4 is 25.2 Å². The van der Waals surface area contributed by atoms with Crippen molar-refractivity contribution in [1.29, 1.82) is 0 Å². The molecule has 1 aliphatic heterocycles. The fraction of sp³-hybridized carbons (Fsp3) is 0.417. The lowest BCUT2D eigenvalue weighted by molar-refractivity contribution is -0.0494. The molecule has 20 heavy (non-hydrogen) atoms. The normalized spacial score (nSPS) is 17.7. The van der Waals surface area contributed by atoms with Crippen molar-refractivity contribution in [2.24, 2.45) is 0 Å². The van der Waals surface area contributed by atoms with E-state index < -0.39 is 5.92 Å². The molecule has 1 aliphatic rings. The van der Waals surface area contributed by atoms with Gasteiger partial charge >= 0.3 is 7.69 Å². The lowest BCUT2D eigenvalue weighted by atomic mass is 10.1. The van der Waals surface area contributed by atoms with Gasteiger partial charge in [0.05, 0.1) is 5.02 Å². The Kier molecular flexibility index (Phi) is 4.50. The second-order valence-electron chi connectivity index (χ2n) is 4.52. The molecule has 4 nitrogen and oxygen atoms in total. The van der Waals surface area contributed by atoms with Gasteiger partial charge in [-0.25, -0.2) is 8.78 Å². The van der Waals surface area contributed by atoms with Crippen LogP contribution in [0.25, 0.3) is 0 Å². The minimum Gasteiger partial charge on any atom is -0.536 e. The number of hydrogen-bond donors (Lipinski definition) is 1. The Hall–Kier alpha value is -1.34. The zero-order valence-corrected chi connectivity index (χ0v) is 11.2. The Morgan fingerprint density at radius 2 is 2.05 bits per heavy atom. The van der Waals surface area contributed by atoms with Crippen molar-refractivity contribution in [2.75, 3.05) is 13.1 Å². The summed E-state index contributed by atoms with van der Waals surface area (Å²) in [4.78, 5) is 13.5. The number of nitrogens with zero attached hydrogens (tertiary/aromatic N) is 1. The molecule has 8 heteroatoms. The van der Waals surface area contributed by atoms with Crippen molar-refractivity contribution in [2.45, 2.75) is 18.8 Å². The maximum absolute atomic E-state index is 13.0. The molecule has 1 aromatic rings. The maximum atomic E-state index is 13.0. The van der Waals surface area contributed by atoms with Crippen LogP contribution in [0, 0.1) is 0 Å². The summed E-state index contributed by atoms with van der Waals surface area (Å²) in [6.07, 6.45) is -0.653. The van der Waals surface area contributed by atoms with Gasteiger partial charge in [-0.15, -0.1) is 0 Å². The molecular weight excluding hydrogens is 290 g/mol. The van der Waals surface area contributed by atoms with Crippen LogP contribution in [0.2, 0.25) is 5.02 Å². The summed E-state index contributed by atoms with van der Waals surface area (Å²) in [6, 6.07) is 4.29. The summed E-state index contributed by atoms with van der Waals surface area (Å²) < 4.78 is 30.8. The van der Waals surface area contributed by atoms with Gasteiger partial charge in [0.1, 0.15) is 5.75 Å². The third-order valence-corrected chi connectivity index (χ3v) is 3.44. The third-order valence-electron chi connectivity index (χ3n) is 3.14. The first-order chi connectivity index (χ1) is 9.43. The van der Waals surface area contributed by atoms with Gasteiger partial charge in [-0.2, -0.15) is 0 Å². The predicted molar refractivity (Wildman–Crippen MR) is 70.1 cm³/mol. The van der Waals surface area contributed by atoms with Crippen LogP contribution in [-0.4, -0.2) is 42.5 Å². The average Bonchev–Trinajstić information content (AvgIpc) is 2.40. The highest BCUT2D eigenvalue weighted by molar-refractivity contribution is 6.33. The summed E-state index contributed by atoms with van der Waals surface area (Å²) in [7, 11) is 0.482. The van der Waals surface area contributed by atoms with E-state index >= 15 is 0 Å². The van der Waals surface area contributed by atoms with Crippen LogP contribution in [0.4, 0.5) is 8.78 Å². The molecule has 1 aromatic carbocycles. The van der Waals surface area contributed by atoms with Gasteiger partial charge in [0.25, 0.3) is 11.8 Å². The van der Waals surface area contributed by atoms with E-state index in [0.717, 1.165) is 0 Å². The molecule has 0 aromatic heterocycles. The summed E-state index contributed by atoms with van der Waals surface area (Å²) in [5.74, 6) is -2.83. The number of piperidine rings is 1. The number of rotatable bonds is 3. The molecule has 2 rings (SSSR count). The minimum atomic E-state index is -2.69. The van der Waals surface area contributed by atoms with Gasteiger partial charge in [0.2, 0.25) is 0 Å². The van der Waals surface area contributed by atoms with Gasteiger partial charge in [-0.3, -0.25) is 4.79 Å². The monoisotopic (exact) mass is 302 g/mol. The molecule has 0 spiro atoms. The highest BCUT2D eigenvalue weighted by atomic mass is 35.5. The Morgan fingerprint density at radius 1 is 1.40 bits per heavy atom. The van der Waals surface area contributed by atoms with Gasteiger partial charge < -0.3 is 14.6 Å². The summed E-state index contributed by atoms with van der Waals surface area (Å²) >= 11 is 5.89. The highest BCUT2D eigenvalue weighted by Gasteiger charge is 2.35. The molecule has 1 fully saturated rings. The van der Waals surface area contributed by atoms with Crippen molar-refractivity contribution in [3.63, 3.8) is 0 Å². The number of benzene rings is 1. The lowest BCUT2D eigenvalue weighted by Gasteiger charge is -2.31. The van der Waals surface area contributed by atoms with Gasteiger partial charge in [0, 0.05) is 31.5 Å². The fourth-order valence-electron chi connectivity index (χ4n) is 2.01. The molecule has 0 bridgehead atoms. The van der Waals surface area contributed by atoms with Gasteiger partial charge in [-0.1, -0.05) is 11.6 Å². The van der Waals surface area contributed by atoms with Crippen LogP contribution in [-0.2, 0) is 0 Å². The first-order valence-electron chi connectivity index (χ1n) is 6.02. The number of alkyl halides is 2. The third kappa shape index (κ3) is 3.40. The van der Waals surface area contributed by atoms with Crippen LogP contribution < -0.4 is 4.65 Å². The SMILES string of the molecule is O=C(c1ccc(O[B]O)c(Cl)c1)N1CCC(F)(F)CC1. The first-order valence-corrected chi connectivity index (χ1v) is 6.40. The number of hydrogen-bond acceptors (Lipinski definition) is 3. The Morgan fingerprint density at radius 3 is 2.60 bits per heavy atom. The zero-order valence-electron chi connectivity index (χ0n) is 10.5. The van der Waals surface area contributed by atoms with E-state index in [0.29, 0.717) is 13.2 Å². The Bertz CT molecular complexity index is 505. The minimum absolute atomic E-state index is 0.0200. The molecule has 1 N–H and O–H groups in total. The van der Waals surface area contributed by atoms with Crippen LogP contribution >= 0.6 is 11.6 Å². The smallest absolute Gasteiger partial charge is 0.536 e. The number of carbonyl (C=O) groups is 1. The molecule has 0 saturated carbocycles. The van der Waals surface area contributed by atoms with Crippen LogP contribution in [0.5, 0.6) is 5.75 Å². The number of likely N-dealkylation sites (tertiary alicyclic amines) is 1. The zero-order chi connectivity index (χ0) is 14.8. The molecule has 1 heterocycles. The molecule has 1 amide bonds. The quantitative estimate of drug-likeness (QED) is 0.870. The molecule has 1 saturated heterocycles. The number of amides is 1. The van der Waals surface area contributed by atoms with Gasteiger partial charge in [0.15, 0.2) is 0 Å². The Balaban J connectivity index is 2.08. The fourth-order valence-corrected chi connectivity index (χ4v) is 2.23. The van der Waals surface area contributed by atoms with Crippen LogP contribution in [0.15, 0.2) is 18.2 Å². The second-order valence-corrected chi connectivity index (χ2v) is 4.92. The lowest BCUT2D eigenvalue weighted by Crippen LogP contribution is -2.42. The summed E-state index contributed by atoms with van der Waals surface area (Å²) in [6.45, 7) is 0.0399. The molecule has 0 aliphatic carbocycles. The molecule has 0 unspecified atom stereocenters. The topological polar surface area (TPSA) is 49.8 Å². The van der Waals surface area contributed by atoms with E-state index in [2.05, 4.69) is 0 Å². The second kappa shape index (κ2) is 5.97. The number of carbonyl (C=O) groups excluding carboxylic acids is 1. The van der Waals surface area contributed by atoms with Crippen molar-refractivity contribution in [1.82, 2.24) is 4.90 Å². The summed E-state index contributed by atoms with van der Waals surface area (Å²) in [5.41, 5.74) is 0.297. The molecule has 0 atom stereocenters. The van der Waals surface area contributed by atoms with E-state index in [9.17, 15) is 13.6 Å². The van der Waals surface area contributed by atoms with E-state index in [-0.39, 0.29) is 42.6 Å². The average molecular weight is 302 g/mol. The van der Waals surface area contributed by atoms with Crippen LogP contribution in [0.1, 0.15) is 23.2 Å². The highest BCUT2D eigenvalue weighted by Crippen LogP contribution is 2.30. The molecule has 1 radical (unpaired) electrons.